The van der Waals surface area contributed by atoms with E-state index in [1.165, 1.54) is 0 Å². The van der Waals surface area contributed by atoms with Gasteiger partial charge in [-0.1, -0.05) is 18.2 Å². The van der Waals surface area contributed by atoms with E-state index in [1.54, 1.807) is 36.4 Å². The van der Waals surface area contributed by atoms with Crippen LogP contribution in [0, 0.1) is 3.57 Å². The number of para-hydroxylation sites is 1. The minimum Gasteiger partial charge on any atom is -0.308 e. The first-order valence-electron chi connectivity index (χ1n) is 5.16. The fraction of sp³-hybridized carbons (Fsp3) is 0. The lowest BCUT2D eigenvalue weighted by Gasteiger charge is -2.09. The number of hydrazine groups is 1. The van der Waals surface area contributed by atoms with Crippen LogP contribution in [0.3, 0.4) is 0 Å². The van der Waals surface area contributed by atoms with Crippen LogP contribution in [-0.4, -0.2) is 8.42 Å². The molecule has 0 aliphatic rings. The third-order valence-corrected chi connectivity index (χ3v) is 4.21. The highest BCUT2D eigenvalue weighted by atomic mass is 127. The van der Waals surface area contributed by atoms with Gasteiger partial charge >= 0.3 is 0 Å². The van der Waals surface area contributed by atoms with Gasteiger partial charge in [-0.2, -0.15) is 0 Å². The largest absolute Gasteiger partial charge is 0.308 e. The summed E-state index contributed by atoms with van der Waals surface area (Å²) in [4.78, 5) is 2.56. The standard InChI is InChI=1S/C12H11IN2O2S/c13-10-6-8-12(9-7-10)18(16,17)15-14-11-4-2-1-3-5-11/h1-9,14-15H. The van der Waals surface area contributed by atoms with Crippen LogP contribution in [0.5, 0.6) is 0 Å². The van der Waals surface area contributed by atoms with E-state index in [-0.39, 0.29) is 4.90 Å². The molecule has 0 saturated carbocycles. The Labute approximate surface area is 120 Å². The Balaban J connectivity index is 2.11. The summed E-state index contributed by atoms with van der Waals surface area (Å²) in [5.41, 5.74) is 3.34. The minimum absolute atomic E-state index is 0.228. The van der Waals surface area contributed by atoms with Gasteiger partial charge in [-0.3, -0.25) is 0 Å². The van der Waals surface area contributed by atoms with Crippen molar-refractivity contribution in [1.82, 2.24) is 4.83 Å². The molecule has 2 aromatic rings. The monoisotopic (exact) mass is 374 g/mol. The lowest BCUT2D eigenvalue weighted by atomic mass is 10.3. The Morgan fingerprint density at radius 2 is 1.50 bits per heavy atom. The molecule has 0 unspecified atom stereocenters. The van der Waals surface area contributed by atoms with Gasteiger partial charge in [0, 0.05) is 9.26 Å². The molecule has 0 fully saturated rings. The summed E-state index contributed by atoms with van der Waals surface area (Å²) >= 11 is 2.12. The average molecular weight is 374 g/mol. The van der Waals surface area contributed by atoms with Crippen molar-refractivity contribution in [2.75, 3.05) is 5.43 Å². The lowest BCUT2D eigenvalue weighted by Crippen LogP contribution is -2.29. The highest BCUT2D eigenvalue weighted by Crippen LogP contribution is 2.12. The lowest BCUT2D eigenvalue weighted by molar-refractivity contribution is 0.587. The van der Waals surface area contributed by atoms with E-state index in [9.17, 15) is 8.42 Å². The first-order valence-corrected chi connectivity index (χ1v) is 7.72. The summed E-state index contributed by atoms with van der Waals surface area (Å²) < 4.78 is 24.9. The predicted octanol–water partition coefficient (Wildman–Crippen LogP) is 2.60. The number of benzene rings is 2. The fourth-order valence-electron chi connectivity index (χ4n) is 1.32. The van der Waals surface area contributed by atoms with E-state index in [0.29, 0.717) is 5.69 Å². The maximum Gasteiger partial charge on any atom is 0.257 e. The van der Waals surface area contributed by atoms with Gasteiger partial charge in [0.2, 0.25) is 0 Å². The van der Waals surface area contributed by atoms with Crippen LogP contribution in [-0.2, 0) is 10.0 Å². The highest BCUT2D eigenvalue weighted by molar-refractivity contribution is 14.1. The van der Waals surface area contributed by atoms with Crippen molar-refractivity contribution in [1.29, 1.82) is 0 Å². The second-order valence-corrected chi connectivity index (χ2v) is 6.48. The molecular weight excluding hydrogens is 363 g/mol. The molecule has 0 bridgehead atoms. The highest BCUT2D eigenvalue weighted by Gasteiger charge is 2.12. The molecule has 0 aliphatic carbocycles. The smallest absolute Gasteiger partial charge is 0.257 e. The first-order chi connectivity index (χ1) is 8.58. The van der Waals surface area contributed by atoms with Crippen molar-refractivity contribution in [2.24, 2.45) is 0 Å². The Bertz CT molecular complexity index is 612. The fourth-order valence-corrected chi connectivity index (χ4v) is 2.54. The van der Waals surface area contributed by atoms with E-state index in [1.807, 2.05) is 18.2 Å². The quantitative estimate of drug-likeness (QED) is 0.639. The van der Waals surface area contributed by atoms with E-state index < -0.39 is 10.0 Å². The molecule has 0 aliphatic heterocycles. The Hall–Kier alpha value is -1.12. The van der Waals surface area contributed by atoms with Crippen molar-refractivity contribution < 1.29 is 8.42 Å². The van der Waals surface area contributed by atoms with Crippen molar-refractivity contribution in [3.8, 4) is 0 Å². The summed E-state index contributed by atoms with van der Waals surface area (Å²) in [5.74, 6) is 0. The van der Waals surface area contributed by atoms with Crippen molar-refractivity contribution in [2.45, 2.75) is 4.90 Å². The average Bonchev–Trinajstić information content (AvgIpc) is 2.38. The summed E-state index contributed by atoms with van der Waals surface area (Å²) in [5, 5.41) is 0. The predicted molar refractivity (Wildman–Crippen MR) is 79.5 cm³/mol. The molecule has 0 atom stereocenters. The Morgan fingerprint density at radius 1 is 0.889 bits per heavy atom. The zero-order chi connectivity index (χ0) is 13.0. The number of rotatable bonds is 4. The van der Waals surface area contributed by atoms with Crippen LogP contribution in [0.2, 0.25) is 0 Å². The van der Waals surface area contributed by atoms with E-state index >= 15 is 0 Å². The molecule has 94 valence electrons. The van der Waals surface area contributed by atoms with Crippen LogP contribution >= 0.6 is 22.6 Å². The van der Waals surface area contributed by atoms with Crippen LogP contribution in [0.25, 0.3) is 0 Å². The molecule has 2 rings (SSSR count). The number of sulfonamides is 1. The second kappa shape index (κ2) is 5.68. The van der Waals surface area contributed by atoms with Gasteiger partial charge in [-0.15, -0.1) is 4.83 Å². The second-order valence-electron chi connectivity index (χ2n) is 3.55. The minimum atomic E-state index is -3.54. The summed E-state index contributed by atoms with van der Waals surface area (Å²) in [6.45, 7) is 0. The SMILES string of the molecule is O=S(=O)(NNc1ccccc1)c1ccc(I)cc1. The third kappa shape index (κ3) is 3.44. The summed E-state index contributed by atoms with van der Waals surface area (Å²) in [7, 11) is -3.54. The molecule has 6 heteroatoms. The molecule has 0 saturated heterocycles. The van der Waals surface area contributed by atoms with Crippen LogP contribution in [0.1, 0.15) is 0 Å². The van der Waals surface area contributed by atoms with Gasteiger partial charge in [0.15, 0.2) is 0 Å². The van der Waals surface area contributed by atoms with E-state index in [0.717, 1.165) is 3.57 Å². The van der Waals surface area contributed by atoms with Gasteiger partial charge in [0.05, 0.1) is 4.90 Å². The van der Waals surface area contributed by atoms with E-state index in [2.05, 4.69) is 32.8 Å². The number of nitrogens with one attached hydrogen (secondary N) is 2. The molecule has 0 amide bonds. The maximum atomic E-state index is 11.9. The molecule has 18 heavy (non-hydrogen) atoms. The Morgan fingerprint density at radius 3 is 2.11 bits per heavy atom. The number of hydrogen-bond donors (Lipinski definition) is 2. The van der Waals surface area contributed by atoms with E-state index in [4.69, 9.17) is 0 Å². The zero-order valence-corrected chi connectivity index (χ0v) is 12.3. The molecule has 0 spiro atoms. The van der Waals surface area contributed by atoms with Crippen LogP contribution in [0.15, 0.2) is 59.5 Å². The zero-order valence-electron chi connectivity index (χ0n) is 9.30. The summed E-state index contributed by atoms with van der Waals surface area (Å²) in [6.07, 6.45) is 0. The molecular formula is C12H11IN2O2S. The van der Waals surface area contributed by atoms with Gasteiger partial charge < -0.3 is 5.43 Å². The van der Waals surface area contributed by atoms with Crippen molar-refractivity contribution in [3.05, 3.63) is 58.2 Å². The number of hydrogen-bond acceptors (Lipinski definition) is 3. The van der Waals surface area contributed by atoms with Gasteiger partial charge in [0.1, 0.15) is 0 Å². The molecule has 0 radical (unpaired) electrons. The normalized spacial score (nSPS) is 11.2. The first kappa shape index (κ1) is 13.3. The molecule has 0 aromatic heterocycles. The summed E-state index contributed by atoms with van der Waals surface area (Å²) in [6, 6.07) is 15.7. The molecule has 0 heterocycles. The topological polar surface area (TPSA) is 58.2 Å². The molecule has 2 N–H and O–H groups in total. The third-order valence-electron chi connectivity index (χ3n) is 2.23. The molecule has 2 aromatic carbocycles. The van der Waals surface area contributed by atoms with Gasteiger partial charge in [-0.25, -0.2) is 8.42 Å². The van der Waals surface area contributed by atoms with Gasteiger partial charge in [-0.05, 0) is 59.0 Å². The van der Waals surface area contributed by atoms with Crippen molar-refractivity contribution in [3.63, 3.8) is 0 Å². The van der Waals surface area contributed by atoms with Crippen molar-refractivity contribution >= 4 is 38.3 Å². The maximum absolute atomic E-state index is 11.9. The van der Waals surface area contributed by atoms with Gasteiger partial charge in [0.25, 0.3) is 10.0 Å². The van der Waals surface area contributed by atoms with Crippen LogP contribution in [0.4, 0.5) is 5.69 Å². The van der Waals surface area contributed by atoms with Crippen LogP contribution < -0.4 is 10.3 Å². The number of anilines is 1. The Kier molecular flexibility index (Phi) is 4.20. The number of halogens is 1. The molecule has 4 nitrogen and oxygen atoms in total.